The highest BCUT2D eigenvalue weighted by Gasteiger charge is 2.31. The van der Waals surface area contributed by atoms with E-state index in [2.05, 4.69) is 4.74 Å². The van der Waals surface area contributed by atoms with E-state index in [4.69, 9.17) is 9.84 Å². The Kier molecular flexibility index (Phi) is 6.87. The number of allylic oxidation sites excluding steroid dienone is 1. The Labute approximate surface area is 177 Å². The van der Waals surface area contributed by atoms with Gasteiger partial charge in [-0.2, -0.15) is 0 Å². The van der Waals surface area contributed by atoms with Gasteiger partial charge in [0, 0.05) is 6.42 Å². The maximum atomic E-state index is 14.4. The number of carboxylic acid groups (broad SMARTS) is 1. The molecule has 0 fully saturated rings. The second-order valence-electron chi connectivity index (χ2n) is 7.40. The van der Waals surface area contributed by atoms with Gasteiger partial charge in [0.1, 0.15) is 12.4 Å². The van der Waals surface area contributed by atoms with Crippen LogP contribution in [0.3, 0.4) is 0 Å². The summed E-state index contributed by atoms with van der Waals surface area (Å²) in [4.78, 5) is 10.7. The summed E-state index contributed by atoms with van der Waals surface area (Å²) in [6.07, 6.45) is -2.19. The van der Waals surface area contributed by atoms with Crippen molar-refractivity contribution in [2.24, 2.45) is 0 Å². The van der Waals surface area contributed by atoms with Crippen molar-refractivity contribution in [3.8, 4) is 11.5 Å². The van der Waals surface area contributed by atoms with Crippen molar-refractivity contribution >= 4 is 11.5 Å². The van der Waals surface area contributed by atoms with E-state index in [9.17, 15) is 22.4 Å². The zero-order valence-electron chi connectivity index (χ0n) is 16.9. The van der Waals surface area contributed by atoms with Crippen molar-refractivity contribution in [1.29, 1.82) is 0 Å². The van der Waals surface area contributed by atoms with Gasteiger partial charge in [-0.25, -0.2) is 4.39 Å². The zero-order valence-corrected chi connectivity index (χ0v) is 16.9. The summed E-state index contributed by atoms with van der Waals surface area (Å²) < 4.78 is 61.0. The summed E-state index contributed by atoms with van der Waals surface area (Å²) in [5.41, 5.74) is 4.10. The predicted octanol–water partition coefficient (Wildman–Crippen LogP) is 6.07. The predicted molar refractivity (Wildman–Crippen MR) is 106 cm³/mol. The Morgan fingerprint density at radius 2 is 1.84 bits per heavy atom. The standard InChI is InChI=1S/C23H22F4O4/c1-14-11-21(20(24)12-16(14)7-10-22(28)29)30-13-17-3-2-4-19(17)15-5-8-18(9-6-15)31-23(25,26)27/h5-6,8-9,11-12H,2-4,7,10,13H2,1H3,(H,28,29). The molecular weight excluding hydrogens is 416 g/mol. The molecule has 0 unspecified atom stereocenters. The van der Waals surface area contributed by atoms with Gasteiger partial charge >= 0.3 is 12.3 Å². The Morgan fingerprint density at radius 3 is 2.48 bits per heavy atom. The quantitative estimate of drug-likeness (QED) is 0.509. The Balaban J connectivity index is 1.71. The van der Waals surface area contributed by atoms with Crippen LogP contribution in [-0.2, 0) is 11.2 Å². The first kappa shape index (κ1) is 22.7. The first-order valence-electron chi connectivity index (χ1n) is 9.83. The molecule has 1 aliphatic rings. The number of carbonyl (C=O) groups is 1. The lowest BCUT2D eigenvalue weighted by atomic mass is 10.0. The van der Waals surface area contributed by atoms with Gasteiger partial charge in [0.25, 0.3) is 0 Å². The summed E-state index contributed by atoms with van der Waals surface area (Å²) >= 11 is 0. The highest BCUT2D eigenvalue weighted by Crippen LogP contribution is 2.36. The average Bonchev–Trinajstić information content (AvgIpc) is 3.15. The number of aliphatic carboxylic acids is 1. The molecule has 0 aromatic heterocycles. The number of carboxylic acids is 1. The van der Waals surface area contributed by atoms with Crippen LogP contribution in [0.25, 0.3) is 5.57 Å². The van der Waals surface area contributed by atoms with Gasteiger partial charge in [0.2, 0.25) is 0 Å². The van der Waals surface area contributed by atoms with Gasteiger partial charge in [0.05, 0.1) is 0 Å². The van der Waals surface area contributed by atoms with E-state index in [0.717, 1.165) is 41.5 Å². The zero-order chi connectivity index (χ0) is 22.6. The number of rotatable bonds is 8. The Morgan fingerprint density at radius 1 is 1.13 bits per heavy atom. The highest BCUT2D eigenvalue weighted by molar-refractivity contribution is 5.71. The minimum Gasteiger partial charge on any atom is -0.486 e. The van der Waals surface area contributed by atoms with Gasteiger partial charge in [-0.05, 0) is 84.7 Å². The van der Waals surface area contributed by atoms with Gasteiger partial charge in [-0.3, -0.25) is 4.79 Å². The number of alkyl halides is 3. The molecule has 0 radical (unpaired) electrons. The monoisotopic (exact) mass is 438 g/mol. The van der Waals surface area contributed by atoms with Crippen LogP contribution in [0, 0.1) is 12.7 Å². The molecule has 31 heavy (non-hydrogen) atoms. The lowest BCUT2D eigenvalue weighted by molar-refractivity contribution is -0.274. The van der Waals surface area contributed by atoms with Crippen LogP contribution < -0.4 is 9.47 Å². The molecule has 1 aliphatic carbocycles. The average molecular weight is 438 g/mol. The van der Waals surface area contributed by atoms with E-state index in [1.54, 1.807) is 25.1 Å². The number of aryl methyl sites for hydroxylation is 2. The van der Waals surface area contributed by atoms with Crippen LogP contribution in [0.5, 0.6) is 11.5 Å². The van der Waals surface area contributed by atoms with Gasteiger partial charge < -0.3 is 14.6 Å². The van der Waals surface area contributed by atoms with Gasteiger partial charge in [-0.15, -0.1) is 13.2 Å². The van der Waals surface area contributed by atoms with Gasteiger partial charge in [-0.1, -0.05) is 12.1 Å². The SMILES string of the molecule is Cc1cc(OCC2=C(c3ccc(OC(F)(F)F)cc3)CCC2)c(F)cc1CCC(=O)O. The third-order valence-electron chi connectivity index (χ3n) is 5.17. The fourth-order valence-corrected chi connectivity index (χ4v) is 3.65. The molecule has 0 saturated heterocycles. The van der Waals surface area contributed by atoms with E-state index < -0.39 is 18.1 Å². The van der Waals surface area contributed by atoms with E-state index in [0.29, 0.717) is 5.56 Å². The Hall–Kier alpha value is -3.03. The molecule has 0 bridgehead atoms. The second-order valence-corrected chi connectivity index (χ2v) is 7.40. The molecule has 0 saturated carbocycles. The molecule has 4 nitrogen and oxygen atoms in total. The summed E-state index contributed by atoms with van der Waals surface area (Å²) in [5.74, 6) is -1.70. The van der Waals surface area contributed by atoms with Crippen LogP contribution in [0.1, 0.15) is 42.4 Å². The van der Waals surface area contributed by atoms with Crippen LogP contribution >= 0.6 is 0 Å². The molecule has 1 N–H and O–H groups in total. The summed E-state index contributed by atoms with van der Waals surface area (Å²) in [5, 5.41) is 8.80. The number of hydrogen-bond donors (Lipinski definition) is 1. The van der Waals surface area contributed by atoms with Crippen molar-refractivity contribution < 1.29 is 36.9 Å². The van der Waals surface area contributed by atoms with Crippen molar-refractivity contribution in [3.05, 3.63) is 64.5 Å². The molecule has 0 heterocycles. The normalized spacial score (nSPS) is 14.1. The third kappa shape index (κ3) is 6.23. The van der Waals surface area contributed by atoms with Crippen molar-refractivity contribution in [1.82, 2.24) is 0 Å². The van der Waals surface area contributed by atoms with E-state index in [1.165, 1.54) is 18.2 Å². The van der Waals surface area contributed by atoms with Crippen LogP contribution in [0.15, 0.2) is 42.0 Å². The fourth-order valence-electron chi connectivity index (χ4n) is 3.65. The van der Waals surface area contributed by atoms with Crippen LogP contribution in [0.4, 0.5) is 17.6 Å². The molecule has 0 amide bonds. The number of hydrogen-bond acceptors (Lipinski definition) is 3. The third-order valence-corrected chi connectivity index (χ3v) is 5.17. The topological polar surface area (TPSA) is 55.8 Å². The fraction of sp³-hybridized carbons (Fsp3) is 0.348. The van der Waals surface area contributed by atoms with E-state index >= 15 is 0 Å². The van der Waals surface area contributed by atoms with E-state index in [-0.39, 0.29) is 30.9 Å². The Bertz CT molecular complexity index is 978. The van der Waals surface area contributed by atoms with E-state index in [1.807, 2.05) is 0 Å². The molecule has 8 heteroatoms. The highest BCUT2D eigenvalue weighted by atomic mass is 19.4. The molecule has 166 valence electrons. The molecular formula is C23H22F4O4. The molecule has 2 aromatic rings. The first-order chi connectivity index (χ1) is 14.6. The number of halogens is 4. The second kappa shape index (κ2) is 9.41. The smallest absolute Gasteiger partial charge is 0.486 e. The summed E-state index contributed by atoms with van der Waals surface area (Å²) in [7, 11) is 0. The lowest BCUT2D eigenvalue weighted by Gasteiger charge is -2.14. The molecule has 0 atom stereocenters. The molecule has 2 aromatic carbocycles. The number of benzene rings is 2. The van der Waals surface area contributed by atoms with Crippen LogP contribution in [-0.4, -0.2) is 24.0 Å². The van der Waals surface area contributed by atoms with Crippen molar-refractivity contribution in [2.75, 3.05) is 6.61 Å². The van der Waals surface area contributed by atoms with Crippen molar-refractivity contribution in [3.63, 3.8) is 0 Å². The lowest BCUT2D eigenvalue weighted by Crippen LogP contribution is -2.17. The van der Waals surface area contributed by atoms with Crippen LogP contribution in [0.2, 0.25) is 0 Å². The summed E-state index contributed by atoms with van der Waals surface area (Å²) in [6.45, 7) is 1.94. The summed E-state index contributed by atoms with van der Waals surface area (Å²) in [6, 6.07) is 8.55. The van der Waals surface area contributed by atoms with Gasteiger partial charge in [0.15, 0.2) is 11.6 Å². The molecule has 3 rings (SSSR count). The number of ether oxygens (including phenoxy) is 2. The maximum Gasteiger partial charge on any atom is 0.573 e. The van der Waals surface area contributed by atoms with Crippen molar-refractivity contribution in [2.45, 2.75) is 45.4 Å². The minimum atomic E-state index is -4.74. The largest absolute Gasteiger partial charge is 0.573 e. The molecule has 0 spiro atoms. The first-order valence-corrected chi connectivity index (χ1v) is 9.83. The minimum absolute atomic E-state index is 0.0798. The maximum absolute atomic E-state index is 14.4. The molecule has 0 aliphatic heterocycles.